The fourth-order valence-electron chi connectivity index (χ4n) is 1.67. The topological polar surface area (TPSA) is 70.3 Å². The molecule has 0 bridgehead atoms. The Morgan fingerprint density at radius 2 is 2.05 bits per heavy atom. The number of nitriles is 1. The van der Waals surface area contributed by atoms with E-state index < -0.39 is 11.8 Å². The summed E-state index contributed by atoms with van der Waals surface area (Å²) in [6.45, 7) is 0. The van der Waals surface area contributed by atoms with Crippen LogP contribution in [0.15, 0.2) is 48.5 Å². The summed E-state index contributed by atoms with van der Waals surface area (Å²) in [5, 5.41) is 17.4. The van der Waals surface area contributed by atoms with E-state index in [1.807, 2.05) is 6.07 Å². The summed E-state index contributed by atoms with van der Waals surface area (Å²) in [6.07, 6.45) is 2.18. The predicted octanol–water partition coefficient (Wildman–Crippen LogP) is 3.59. The van der Waals surface area contributed by atoms with Gasteiger partial charge in [0.25, 0.3) is 0 Å². The van der Waals surface area contributed by atoms with Crippen LogP contribution in [0.25, 0.3) is 6.08 Å². The van der Waals surface area contributed by atoms with E-state index in [9.17, 15) is 9.18 Å². The van der Waals surface area contributed by atoms with E-state index in [0.29, 0.717) is 16.9 Å². The fraction of sp³-hybridized carbons (Fsp3) is 0. The maximum absolute atomic E-state index is 13.5. The van der Waals surface area contributed by atoms with Crippen molar-refractivity contribution in [2.24, 2.45) is 0 Å². The lowest BCUT2D eigenvalue weighted by Gasteiger charge is -2.07. The summed E-state index contributed by atoms with van der Waals surface area (Å²) in [6, 6.07) is 12.3. The lowest BCUT2D eigenvalue weighted by molar-refractivity contribution is -0.131. The zero-order chi connectivity index (χ0) is 15.2. The minimum absolute atomic E-state index is 0.218. The molecule has 0 amide bonds. The van der Waals surface area contributed by atoms with Gasteiger partial charge in [-0.25, -0.2) is 9.18 Å². The number of carbonyl (C=O) groups is 1. The van der Waals surface area contributed by atoms with Gasteiger partial charge >= 0.3 is 5.97 Å². The van der Waals surface area contributed by atoms with Crippen LogP contribution in [0.4, 0.5) is 4.39 Å². The molecule has 0 atom stereocenters. The fourth-order valence-corrected chi connectivity index (χ4v) is 1.67. The van der Waals surface area contributed by atoms with E-state index in [1.165, 1.54) is 30.3 Å². The molecule has 2 rings (SSSR count). The summed E-state index contributed by atoms with van der Waals surface area (Å²) in [5.41, 5.74) is 0.790. The number of nitrogens with zero attached hydrogens (tertiary/aromatic N) is 1. The Kier molecular flexibility index (Phi) is 4.32. The van der Waals surface area contributed by atoms with Crippen LogP contribution < -0.4 is 4.74 Å². The Morgan fingerprint density at radius 3 is 2.76 bits per heavy atom. The van der Waals surface area contributed by atoms with Gasteiger partial charge in [0.15, 0.2) is 0 Å². The number of hydrogen-bond acceptors (Lipinski definition) is 3. The number of carboxylic acid groups (broad SMARTS) is 1. The van der Waals surface area contributed by atoms with E-state index in [2.05, 4.69) is 0 Å². The minimum Gasteiger partial charge on any atom is -0.478 e. The summed E-state index contributed by atoms with van der Waals surface area (Å²) >= 11 is 0. The first-order valence-electron chi connectivity index (χ1n) is 5.96. The molecule has 0 aliphatic carbocycles. The molecule has 2 aromatic rings. The van der Waals surface area contributed by atoms with Gasteiger partial charge in [-0.2, -0.15) is 5.26 Å². The van der Waals surface area contributed by atoms with Crippen LogP contribution in [-0.2, 0) is 4.79 Å². The number of rotatable bonds is 4. The molecule has 0 saturated carbocycles. The van der Waals surface area contributed by atoms with Gasteiger partial charge in [0.2, 0.25) is 0 Å². The van der Waals surface area contributed by atoms with Gasteiger partial charge in [0.1, 0.15) is 17.3 Å². The van der Waals surface area contributed by atoms with Crippen molar-refractivity contribution in [3.05, 3.63) is 65.5 Å². The van der Waals surface area contributed by atoms with Crippen molar-refractivity contribution >= 4 is 12.0 Å². The third-order valence-electron chi connectivity index (χ3n) is 2.51. The van der Waals surface area contributed by atoms with Crippen molar-refractivity contribution in [3.8, 4) is 17.6 Å². The molecule has 2 aromatic carbocycles. The second kappa shape index (κ2) is 6.35. The average molecular weight is 283 g/mol. The average Bonchev–Trinajstić information content (AvgIpc) is 2.45. The van der Waals surface area contributed by atoms with Crippen LogP contribution in [0, 0.1) is 17.1 Å². The molecule has 21 heavy (non-hydrogen) atoms. The van der Waals surface area contributed by atoms with Gasteiger partial charge in [-0.3, -0.25) is 0 Å². The van der Waals surface area contributed by atoms with Gasteiger partial charge in [-0.15, -0.1) is 0 Å². The number of benzene rings is 2. The minimum atomic E-state index is -1.12. The molecule has 5 heteroatoms. The zero-order valence-corrected chi connectivity index (χ0v) is 10.8. The smallest absolute Gasteiger partial charge is 0.328 e. The Hall–Kier alpha value is -3.13. The molecule has 4 nitrogen and oxygen atoms in total. The molecule has 0 saturated heterocycles. The van der Waals surface area contributed by atoms with Gasteiger partial charge in [-0.1, -0.05) is 6.07 Å². The van der Waals surface area contributed by atoms with Crippen LogP contribution in [-0.4, -0.2) is 11.1 Å². The second-order valence-corrected chi connectivity index (χ2v) is 4.13. The van der Waals surface area contributed by atoms with E-state index in [-0.39, 0.29) is 5.75 Å². The number of halogens is 1. The molecule has 0 heterocycles. The molecule has 104 valence electrons. The maximum atomic E-state index is 13.5. The Balaban J connectivity index is 2.27. The first-order valence-corrected chi connectivity index (χ1v) is 5.96. The van der Waals surface area contributed by atoms with Gasteiger partial charge in [-0.05, 0) is 42.0 Å². The maximum Gasteiger partial charge on any atom is 0.328 e. The first-order chi connectivity index (χ1) is 10.1. The lowest BCUT2D eigenvalue weighted by Crippen LogP contribution is -1.89. The van der Waals surface area contributed by atoms with Gasteiger partial charge in [0.05, 0.1) is 11.6 Å². The molecule has 0 radical (unpaired) electrons. The van der Waals surface area contributed by atoms with Crippen molar-refractivity contribution in [2.45, 2.75) is 0 Å². The lowest BCUT2D eigenvalue weighted by atomic mass is 10.2. The van der Waals surface area contributed by atoms with Crippen LogP contribution >= 0.6 is 0 Å². The van der Waals surface area contributed by atoms with E-state index in [4.69, 9.17) is 15.1 Å². The molecular weight excluding hydrogens is 273 g/mol. The Morgan fingerprint density at radius 1 is 1.24 bits per heavy atom. The molecule has 0 unspecified atom stereocenters. The second-order valence-electron chi connectivity index (χ2n) is 4.13. The van der Waals surface area contributed by atoms with Crippen molar-refractivity contribution in [2.75, 3.05) is 0 Å². The Labute approximate surface area is 120 Å². The summed E-state index contributed by atoms with van der Waals surface area (Å²) in [5.74, 6) is -1.06. The number of aliphatic carboxylic acids is 1. The quantitative estimate of drug-likeness (QED) is 0.870. The van der Waals surface area contributed by atoms with E-state index in [1.54, 1.807) is 18.2 Å². The molecule has 0 spiro atoms. The molecule has 0 fully saturated rings. The highest BCUT2D eigenvalue weighted by Gasteiger charge is 2.03. The molecule has 0 aromatic heterocycles. The summed E-state index contributed by atoms with van der Waals surface area (Å²) in [7, 11) is 0. The highest BCUT2D eigenvalue weighted by Crippen LogP contribution is 2.24. The molecule has 1 N–H and O–H groups in total. The number of ether oxygens (including phenoxy) is 1. The highest BCUT2D eigenvalue weighted by molar-refractivity contribution is 5.85. The SMILES string of the molecule is N#Cc1cccc(Oc2cc(F)cc(/C=C/C(=O)O)c2)c1. The van der Waals surface area contributed by atoms with Crippen LogP contribution in [0.2, 0.25) is 0 Å². The predicted molar refractivity (Wildman–Crippen MR) is 74.3 cm³/mol. The summed E-state index contributed by atoms with van der Waals surface area (Å²) in [4.78, 5) is 10.5. The zero-order valence-electron chi connectivity index (χ0n) is 10.8. The van der Waals surface area contributed by atoms with Gasteiger partial charge < -0.3 is 9.84 Å². The number of hydrogen-bond donors (Lipinski definition) is 1. The van der Waals surface area contributed by atoms with Crippen LogP contribution in [0.3, 0.4) is 0 Å². The van der Waals surface area contributed by atoms with Crippen LogP contribution in [0.1, 0.15) is 11.1 Å². The van der Waals surface area contributed by atoms with E-state index in [0.717, 1.165) is 6.08 Å². The third-order valence-corrected chi connectivity index (χ3v) is 2.51. The third kappa shape index (κ3) is 4.18. The monoisotopic (exact) mass is 283 g/mol. The van der Waals surface area contributed by atoms with Crippen molar-refractivity contribution in [1.82, 2.24) is 0 Å². The van der Waals surface area contributed by atoms with Gasteiger partial charge in [0, 0.05) is 12.1 Å². The Bertz CT molecular complexity index is 747. The standard InChI is InChI=1S/C16H10FNO3/c17-13-6-11(4-5-16(19)20)7-15(9-13)21-14-3-1-2-12(8-14)10-18/h1-9H,(H,19,20)/b5-4+. The summed E-state index contributed by atoms with van der Waals surface area (Å²) < 4.78 is 19.0. The van der Waals surface area contributed by atoms with E-state index >= 15 is 0 Å². The molecule has 0 aliphatic heterocycles. The van der Waals surface area contributed by atoms with Crippen LogP contribution in [0.5, 0.6) is 11.5 Å². The largest absolute Gasteiger partial charge is 0.478 e. The van der Waals surface area contributed by atoms with Crippen molar-refractivity contribution in [3.63, 3.8) is 0 Å². The van der Waals surface area contributed by atoms with Crippen molar-refractivity contribution in [1.29, 1.82) is 5.26 Å². The highest BCUT2D eigenvalue weighted by atomic mass is 19.1. The molecular formula is C16H10FNO3. The normalized spacial score (nSPS) is 10.3. The van der Waals surface area contributed by atoms with Crippen molar-refractivity contribution < 1.29 is 19.0 Å². The number of carboxylic acids is 1. The first kappa shape index (κ1) is 14.3. The molecule has 0 aliphatic rings.